The summed E-state index contributed by atoms with van der Waals surface area (Å²) in [6, 6.07) is 13.4. The number of rotatable bonds is 8. The van der Waals surface area contributed by atoms with E-state index in [2.05, 4.69) is 23.9 Å². The molecule has 0 aliphatic heterocycles. The maximum atomic E-state index is 12.6. The molecule has 0 heterocycles. The Morgan fingerprint density at radius 2 is 1.77 bits per heavy atom. The van der Waals surface area contributed by atoms with Gasteiger partial charge in [-0.15, -0.1) is 0 Å². The van der Waals surface area contributed by atoms with Gasteiger partial charge in [-0.25, -0.2) is 8.42 Å². The molecular formula is C20H26N2O3S. The van der Waals surface area contributed by atoms with Gasteiger partial charge in [0, 0.05) is 17.8 Å². The summed E-state index contributed by atoms with van der Waals surface area (Å²) in [6.45, 7) is 6.78. The normalized spacial score (nSPS) is 11.4. The van der Waals surface area contributed by atoms with E-state index in [4.69, 9.17) is 0 Å². The highest BCUT2D eigenvalue weighted by Crippen LogP contribution is 2.20. The Morgan fingerprint density at radius 1 is 1.08 bits per heavy atom. The quantitative estimate of drug-likeness (QED) is 0.682. The number of amides is 1. The first kappa shape index (κ1) is 20.0. The van der Waals surface area contributed by atoms with Crippen LogP contribution in [0.25, 0.3) is 0 Å². The first-order chi connectivity index (χ1) is 12.3. The second kappa shape index (κ2) is 8.85. The van der Waals surface area contributed by atoms with Crippen LogP contribution in [0.5, 0.6) is 0 Å². The molecule has 0 radical (unpaired) electrons. The molecule has 2 N–H and O–H groups in total. The summed E-state index contributed by atoms with van der Waals surface area (Å²) in [5, 5.41) is 2.79. The van der Waals surface area contributed by atoms with Crippen LogP contribution in [-0.2, 0) is 10.0 Å². The minimum absolute atomic E-state index is 0.0635. The van der Waals surface area contributed by atoms with Crippen LogP contribution >= 0.6 is 0 Å². The number of hydrogen-bond donors (Lipinski definition) is 2. The zero-order valence-corrected chi connectivity index (χ0v) is 16.3. The maximum absolute atomic E-state index is 12.6. The summed E-state index contributed by atoms with van der Waals surface area (Å²) in [5.41, 5.74) is 1.96. The van der Waals surface area contributed by atoms with Crippen molar-refractivity contribution in [3.63, 3.8) is 0 Å². The lowest BCUT2D eigenvalue weighted by Crippen LogP contribution is -2.24. The van der Waals surface area contributed by atoms with Crippen LogP contribution in [-0.4, -0.2) is 20.9 Å². The smallest absolute Gasteiger partial charge is 0.261 e. The van der Waals surface area contributed by atoms with Gasteiger partial charge in [0.2, 0.25) is 0 Å². The summed E-state index contributed by atoms with van der Waals surface area (Å²) in [4.78, 5) is 12.2. The van der Waals surface area contributed by atoms with Gasteiger partial charge in [-0.1, -0.05) is 45.4 Å². The van der Waals surface area contributed by atoms with Crippen molar-refractivity contribution in [3.8, 4) is 0 Å². The highest BCUT2D eigenvalue weighted by Gasteiger charge is 2.16. The number of hydrogen-bond acceptors (Lipinski definition) is 3. The van der Waals surface area contributed by atoms with E-state index in [1.54, 1.807) is 24.3 Å². The second-order valence-corrected chi connectivity index (χ2v) is 8.20. The Labute approximate surface area is 155 Å². The predicted molar refractivity (Wildman–Crippen MR) is 105 cm³/mol. The number of sulfonamides is 1. The van der Waals surface area contributed by atoms with Crippen LogP contribution in [0, 0.1) is 0 Å². The van der Waals surface area contributed by atoms with Gasteiger partial charge in [0.25, 0.3) is 15.9 Å². The molecule has 0 bridgehead atoms. The van der Waals surface area contributed by atoms with Crippen molar-refractivity contribution >= 4 is 21.6 Å². The molecule has 140 valence electrons. The third-order valence-corrected chi connectivity index (χ3v) is 5.43. The highest BCUT2D eigenvalue weighted by molar-refractivity contribution is 7.92. The molecule has 0 atom stereocenters. The Balaban J connectivity index is 2.15. The molecular weight excluding hydrogens is 348 g/mol. The van der Waals surface area contributed by atoms with Crippen LogP contribution in [0.4, 0.5) is 5.69 Å². The van der Waals surface area contributed by atoms with Crippen molar-refractivity contribution < 1.29 is 13.2 Å². The van der Waals surface area contributed by atoms with Crippen molar-refractivity contribution in [2.45, 2.75) is 44.4 Å². The average molecular weight is 375 g/mol. The van der Waals surface area contributed by atoms with Gasteiger partial charge in [-0.3, -0.25) is 9.52 Å². The monoisotopic (exact) mass is 374 g/mol. The van der Waals surface area contributed by atoms with E-state index in [9.17, 15) is 13.2 Å². The van der Waals surface area contributed by atoms with Gasteiger partial charge in [0.05, 0.1) is 4.90 Å². The lowest BCUT2D eigenvalue weighted by Gasteiger charge is -2.11. The summed E-state index contributed by atoms with van der Waals surface area (Å²) in [5.74, 6) is 0.111. The summed E-state index contributed by atoms with van der Waals surface area (Å²) in [7, 11) is -3.76. The van der Waals surface area contributed by atoms with Crippen LogP contribution in [0.2, 0.25) is 0 Å². The number of nitrogens with one attached hydrogen (secondary N) is 2. The Hall–Kier alpha value is -2.34. The van der Waals surface area contributed by atoms with Gasteiger partial charge < -0.3 is 5.32 Å². The van der Waals surface area contributed by atoms with Crippen molar-refractivity contribution in [2.75, 3.05) is 11.3 Å². The van der Waals surface area contributed by atoms with E-state index >= 15 is 0 Å². The van der Waals surface area contributed by atoms with E-state index in [0.29, 0.717) is 23.7 Å². The molecule has 0 unspecified atom stereocenters. The standard InChI is InChI=1S/C20H26N2O3S/c1-4-5-13-21-20(23)17-7-6-8-19(14-17)26(24,25)22-18-11-9-16(10-12-18)15(2)3/h6-12,14-15,22H,4-5,13H2,1-3H3,(H,21,23). The zero-order chi connectivity index (χ0) is 19.2. The maximum Gasteiger partial charge on any atom is 0.261 e. The van der Waals surface area contributed by atoms with Gasteiger partial charge in [0.15, 0.2) is 0 Å². The molecule has 0 saturated heterocycles. The van der Waals surface area contributed by atoms with E-state index in [1.165, 1.54) is 12.1 Å². The van der Waals surface area contributed by atoms with E-state index in [0.717, 1.165) is 18.4 Å². The average Bonchev–Trinajstić information content (AvgIpc) is 2.62. The third-order valence-electron chi connectivity index (χ3n) is 4.05. The van der Waals surface area contributed by atoms with Crippen molar-refractivity contribution in [2.24, 2.45) is 0 Å². The molecule has 0 aliphatic rings. The molecule has 6 heteroatoms. The molecule has 5 nitrogen and oxygen atoms in total. The summed E-state index contributed by atoms with van der Waals surface area (Å²) >= 11 is 0. The number of anilines is 1. The number of carbonyl (C=O) groups excluding carboxylic acids is 1. The molecule has 0 aromatic heterocycles. The molecule has 26 heavy (non-hydrogen) atoms. The Bertz CT molecular complexity index is 844. The van der Waals surface area contributed by atoms with E-state index in [1.807, 2.05) is 19.1 Å². The zero-order valence-electron chi connectivity index (χ0n) is 15.5. The third kappa shape index (κ3) is 5.33. The fourth-order valence-electron chi connectivity index (χ4n) is 2.44. The van der Waals surface area contributed by atoms with Gasteiger partial charge >= 0.3 is 0 Å². The molecule has 2 rings (SSSR count). The molecule has 0 aliphatic carbocycles. The van der Waals surface area contributed by atoms with E-state index < -0.39 is 10.0 Å². The van der Waals surface area contributed by atoms with Crippen molar-refractivity contribution in [1.82, 2.24) is 5.32 Å². The minimum Gasteiger partial charge on any atom is -0.352 e. The number of carbonyl (C=O) groups is 1. The van der Waals surface area contributed by atoms with Crippen molar-refractivity contribution in [3.05, 3.63) is 59.7 Å². The molecule has 0 spiro atoms. The molecule has 1 amide bonds. The largest absolute Gasteiger partial charge is 0.352 e. The molecule has 2 aromatic carbocycles. The fourth-order valence-corrected chi connectivity index (χ4v) is 3.54. The number of unbranched alkanes of at least 4 members (excludes halogenated alkanes) is 1. The lowest BCUT2D eigenvalue weighted by molar-refractivity contribution is 0.0953. The van der Waals surface area contributed by atoms with Gasteiger partial charge in [-0.05, 0) is 48.2 Å². The fraction of sp³-hybridized carbons (Fsp3) is 0.350. The lowest BCUT2D eigenvalue weighted by atomic mass is 10.0. The van der Waals surface area contributed by atoms with Crippen molar-refractivity contribution in [1.29, 1.82) is 0 Å². The second-order valence-electron chi connectivity index (χ2n) is 6.52. The minimum atomic E-state index is -3.76. The van der Waals surface area contributed by atoms with Crippen LogP contribution in [0.15, 0.2) is 53.4 Å². The van der Waals surface area contributed by atoms with Crippen LogP contribution < -0.4 is 10.0 Å². The van der Waals surface area contributed by atoms with Crippen LogP contribution in [0.3, 0.4) is 0 Å². The predicted octanol–water partition coefficient (Wildman–Crippen LogP) is 4.14. The SMILES string of the molecule is CCCCNC(=O)c1cccc(S(=O)(=O)Nc2ccc(C(C)C)cc2)c1. The Kier molecular flexibility index (Phi) is 6.80. The first-order valence-corrected chi connectivity index (χ1v) is 10.3. The first-order valence-electron chi connectivity index (χ1n) is 8.84. The molecule has 2 aromatic rings. The summed E-state index contributed by atoms with van der Waals surface area (Å²) < 4.78 is 27.8. The highest BCUT2D eigenvalue weighted by atomic mass is 32.2. The topological polar surface area (TPSA) is 75.3 Å². The van der Waals surface area contributed by atoms with E-state index in [-0.39, 0.29) is 10.8 Å². The van der Waals surface area contributed by atoms with Gasteiger partial charge in [0.1, 0.15) is 0 Å². The molecule has 0 saturated carbocycles. The van der Waals surface area contributed by atoms with Gasteiger partial charge in [-0.2, -0.15) is 0 Å². The molecule has 0 fully saturated rings. The van der Waals surface area contributed by atoms with Crippen LogP contribution in [0.1, 0.15) is 55.5 Å². The number of benzene rings is 2. The summed E-state index contributed by atoms with van der Waals surface area (Å²) in [6.07, 6.45) is 1.87. The Morgan fingerprint density at radius 3 is 2.38 bits per heavy atom.